The van der Waals surface area contributed by atoms with Gasteiger partial charge in [0.25, 0.3) is 0 Å². The van der Waals surface area contributed by atoms with Crippen LogP contribution in [-0.4, -0.2) is 83.2 Å². The van der Waals surface area contributed by atoms with E-state index in [1.54, 1.807) is 6.20 Å². The van der Waals surface area contributed by atoms with Gasteiger partial charge in [-0.05, 0) is 75.6 Å². The molecule has 0 bridgehead atoms. The first-order valence-corrected chi connectivity index (χ1v) is 13.9. The maximum Gasteiger partial charge on any atom is 0.410 e. The highest BCUT2D eigenvalue weighted by molar-refractivity contribution is 5.95. The van der Waals surface area contributed by atoms with Crippen LogP contribution in [0.2, 0.25) is 0 Å². The zero-order valence-electron chi connectivity index (χ0n) is 23.3. The van der Waals surface area contributed by atoms with E-state index < -0.39 is 5.60 Å². The average molecular weight is 525 g/mol. The highest BCUT2D eigenvalue weighted by Gasteiger charge is 2.37. The minimum Gasteiger partial charge on any atom is -0.444 e. The fraction of sp³-hybridized carbons (Fsp3) is 0.452. The smallest absolute Gasteiger partial charge is 0.410 e. The monoisotopic (exact) mass is 524 g/mol. The van der Waals surface area contributed by atoms with E-state index >= 15 is 0 Å². The number of hydrogen-bond acceptors (Lipinski definition) is 7. The number of nitrogens with zero attached hydrogens (tertiary/aromatic N) is 6. The van der Waals surface area contributed by atoms with Gasteiger partial charge in [0.15, 0.2) is 0 Å². The number of carbonyl (C=O) groups is 1. The van der Waals surface area contributed by atoms with Gasteiger partial charge in [0.1, 0.15) is 11.7 Å². The molecule has 8 nitrogen and oxygen atoms in total. The Kier molecular flexibility index (Phi) is 6.25. The molecule has 1 amide bonds. The Morgan fingerprint density at radius 3 is 2.64 bits per heavy atom. The van der Waals surface area contributed by atoms with Crippen molar-refractivity contribution < 1.29 is 9.53 Å². The van der Waals surface area contributed by atoms with Gasteiger partial charge in [-0.1, -0.05) is 6.08 Å². The highest BCUT2D eigenvalue weighted by atomic mass is 16.6. The summed E-state index contributed by atoms with van der Waals surface area (Å²) in [6.45, 7) is 13.7. The van der Waals surface area contributed by atoms with Gasteiger partial charge in [0, 0.05) is 74.0 Å². The normalized spacial score (nSPS) is 21.4. The molecule has 3 aliphatic heterocycles. The average Bonchev–Trinajstić information content (AvgIpc) is 3.30. The summed E-state index contributed by atoms with van der Waals surface area (Å²) in [5, 5.41) is 10.6. The van der Waals surface area contributed by atoms with Crippen LogP contribution < -0.4 is 4.90 Å². The van der Waals surface area contributed by atoms with Crippen LogP contribution in [0.5, 0.6) is 0 Å². The van der Waals surface area contributed by atoms with E-state index in [2.05, 4.69) is 57.0 Å². The largest absolute Gasteiger partial charge is 0.444 e. The first-order chi connectivity index (χ1) is 18.7. The van der Waals surface area contributed by atoms with E-state index in [0.29, 0.717) is 24.7 Å². The second kappa shape index (κ2) is 9.64. The van der Waals surface area contributed by atoms with Crippen molar-refractivity contribution in [2.75, 3.05) is 50.7 Å². The molecule has 0 spiro atoms. The number of rotatable bonds is 2. The first kappa shape index (κ1) is 25.3. The second-order valence-corrected chi connectivity index (χ2v) is 11.9. The molecule has 6 rings (SSSR count). The van der Waals surface area contributed by atoms with Crippen molar-refractivity contribution in [3.05, 3.63) is 70.7 Å². The SMILES string of the molecule is C[C@@H]1CN(c2ccc(C#N)c3ncccc23)CC2=C3CC=C(N4CCN(C(=O)OC(C)(C)C)CC4)C=C3CN21. The van der Waals surface area contributed by atoms with Crippen LogP contribution in [0.15, 0.2) is 65.2 Å². The van der Waals surface area contributed by atoms with Crippen molar-refractivity contribution in [3.63, 3.8) is 0 Å². The lowest BCUT2D eigenvalue weighted by Crippen LogP contribution is -2.49. The number of hydrogen-bond donors (Lipinski definition) is 0. The zero-order chi connectivity index (χ0) is 27.3. The lowest BCUT2D eigenvalue weighted by atomic mass is 9.96. The molecule has 4 aliphatic rings. The van der Waals surface area contributed by atoms with Gasteiger partial charge in [-0.2, -0.15) is 5.26 Å². The molecular formula is C31H36N6O2. The molecule has 39 heavy (non-hydrogen) atoms. The molecule has 4 heterocycles. The lowest BCUT2D eigenvalue weighted by molar-refractivity contribution is 0.0171. The van der Waals surface area contributed by atoms with Crippen molar-refractivity contribution in [2.45, 2.75) is 45.8 Å². The van der Waals surface area contributed by atoms with Gasteiger partial charge in [-0.15, -0.1) is 0 Å². The number of amides is 1. The van der Waals surface area contributed by atoms with Crippen molar-refractivity contribution in [1.29, 1.82) is 5.26 Å². The van der Waals surface area contributed by atoms with Gasteiger partial charge >= 0.3 is 6.09 Å². The number of allylic oxidation sites excluding steroid dienone is 2. The number of anilines is 1. The van der Waals surface area contributed by atoms with Gasteiger partial charge < -0.3 is 24.3 Å². The molecule has 1 aliphatic carbocycles. The number of benzene rings is 1. The number of ether oxygens (including phenoxy) is 1. The van der Waals surface area contributed by atoms with Crippen molar-refractivity contribution in [2.24, 2.45) is 0 Å². The summed E-state index contributed by atoms with van der Waals surface area (Å²) in [4.78, 5) is 26.2. The summed E-state index contributed by atoms with van der Waals surface area (Å²) in [7, 11) is 0. The number of nitriles is 1. The number of carbonyl (C=O) groups excluding carboxylic acids is 1. The molecule has 0 radical (unpaired) electrons. The third-order valence-corrected chi connectivity index (χ3v) is 8.12. The number of pyridine rings is 1. The van der Waals surface area contributed by atoms with E-state index in [0.717, 1.165) is 55.7 Å². The summed E-state index contributed by atoms with van der Waals surface area (Å²) < 4.78 is 5.56. The molecule has 1 aromatic carbocycles. The summed E-state index contributed by atoms with van der Waals surface area (Å²) in [5.41, 5.74) is 7.60. The molecule has 0 unspecified atom stereocenters. The molecule has 2 fully saturated rings. The molecule has 0 N–H and O–H groups in total. The summed E-state index contributed by atoms with van der Waals surface area (Å²) in [5.74, 6) is 0. The van der Waals surface area contributed by atoms with E-state index in [-0.39, 0.29) is 6.09 Å². The molecular weight excluding hydrogens is 488 g/mol. The predicted octanol–water partition coefficient (Wildman–Crippen LogP) is 4.65. The summed E-state index contributed by atoms with van der Waals surface area (Å²) in [6.07, 6.45) is 7.18. The Hall–Kier alpha value is -3.99. The van der Waals surface area contributed by atoms with E-state index in [9.17, 15) is 10.1 Å². The topological polar surface area (TPSA) is 75.9 Å². The van der Waals surface area contributed by atoms with Gasteiger partial charge in [0.05, 0.1) is 17.6 Å². The summed E-state index contributed by atoms with van der Waals surface area (Å²) >= 11 is 0. The van der Waals surface area contributed by atoms with Crippen LogP contribution in [0.4, 0.5) is 10.5 Å². The van der Waals surface area contributed by atoms with E-state index in [4.69, 9.17) is 4.74 Å². The lowest BCUT2D eigenvalue weighted by Gasteiger charge is -2.42. The molecule has 202 valence electrons. The minimum absolute atomic E-state index is 0.220. The maximum atomic E-state index is 12.5. The molecule has 2 saturated heterocycles. The Labute approximate surface area is 230 Å². The van der Waals surface area contributed by atoms with Crippen molar-refractivity contribution >= 4 is 22.7 Å². The van der Waals surface area contributed by atoms with Crippen LogP contribution in [-0.2, 0) is 4.74 Å². The van der Waals surface area contributed by atoms with Gasteiger partial charge in [-0.3, -0.25) is 4.98 Å². The Morgan fingerprint density at radius 2 is 1.90 bits per heavy atom. The quantitative estimate of drug-likeness (QED) is 0.566. The Balaban J connectivity index is 1.19. The molecule has 1 atom stereocenters. The first-order valence-electron chi connectivity index (χ1n) is 13.9. The minimum atomic E-state index is -0.472. The third kappa shape index (κ3) is 4.71. The molecule has 8 heteroatoms. The summed E-state index contributed by atoms with van der Waals surface area (Å²) in [6, 6.07) is 10.7. The van der Waals surface area contributed by atoms with Crippen LogP contribution in [0.3, 0.4) is 0 Å². The standard InChI is InChI=1S/C31H36N6O2/c1-21-18-36(27-10-7-22(17-32)29-26(27)6-5-11-33-29)20-28-25-9-8-24(16-23(25)19-37(21)28)34-12-14-35(15-13-34)30(38)39-31(2,3)4/h5-8,10-11,16,21H,9,12-15,18-20H2,1-4H3/t21-/m1/s1. The fourth-order valence-corrected chi connectivity index (χ4v) is 6.23. The zero-order valence-corrected chi connectivity index (χ0v) is 23.3. The third-order valence-electron chi connectivity index (χ3n) is 8.12. The fourth-order valence-electron chi connectivity index (χ4n) is 6.23. The molecule has 1 aromatic heterocycles. The van der Waals surface area contributed by atoms with Gasteiger partial charge in [-0.25, -0.2) is 4.79 Å². The molecule has 2 aromatic rings. The van der Waals surface area contributed by atoms with Crippen molar-refractivity contribution in [3.8, 4) is 6.07 Å². The number of piperazine rings is 2. The van der Waals surface area contributed by atoms with Crippen LogP contribution >= 0.6 is 0 Å². The maximum absolute atomic E-state index is 12.5. The second-order valence-electron chi connectivity index (χ2n) is 11.9. The van der Waals surface area contributed by atoms with Crippen LogP contribution in [0, 0.1) is 11.3 Å². The van der Waals surface area contributed by atoms with E-state index in [1.807, 2.05) is 37.8 Å². The van der Waals surface area contributed by atoms with Crippen LogP contribution in [0.1, 0.15) is 39.7 Å². The Bertz CT molecular complexity index is 1450. The molecule has 0 saturated carbocycles. The predicted molar refractivity (Wildman–Crippen MR) is 152 cm³/mol. The Morgan fingerprint density at radius 1 is 1.10 bits per heavy atom. The van der Waals surface area contributed by atoms with Gasteiger partial charge in [0.2, 0.25) is 0 Å². The van der Waals surface area contributed by atoms with Crippen LogP contribution in [0.25, 0.3) is 10.9 Å². The highest BCUT2D eigenvalue weighted by Crippen LogP contribution is 2.41. The number of fused-ring (bicyclic) bond motifs is 3. The van der Waals surface area contributed by atoms with E-state index in [1.165, 1.54) is 22.5 Å². The van der Waals surface area contributed by atoms with Crippen molar-refractivity contribution in [1.82, 2.24) is 19.7 Å². The number of aromatic nitrogens is 1.